The van der Waals surface area contributed by atoms with Crippen LogP contribution in [0.25, 0.3) is 0 Å². The van der Waals surface area contributed by atoms with Crippen molar-refractivity contribution in [2.75, 3.05) is 19.0 Å². The smallest absolute Gasteiger partial charge is 0.337 e. The predicted molar refractivity (Wildman–Crippen MR) is 74.9 cm³/mol. The molecular formula is C15H20N2O2. The van der Waals surface area contributed by atoms with Crippen LogP contribution in [0.4, 0.5) is 5.69 Å². The molecule has 0 aliphatic carbocycles. The zero-order valence-electron chi connectivity index (χ0n) is 11.7. The summed E-state index contributed by atoms with van der Waals surface area (Å²) in [7, 11) is 1.37. The number of nitrogens with zero attached hydrogens (tertiary/aromatic N) is 1. The van der Waals surface area contributed by atoms with Gasteiger partial charge in [-0.2, -0.15) is 5.26 Å². The van der Waals surface area contributed by atoms with Crippen LogP contribution in [0.1, 0.15) is 37.0 Å². The third-order valence-electron chi connectivity index (χ3n) is 2.97. The summed E-state index contributed by atoms with van der Waals surface area (Å²) in [6, 6.07) is 9.38. The summed E-state index contributed by atoms with van der Waals surface area (Å²) in [5.41, 5.74) is 1.45. The number of rotatable bonds is 6. The van der Waals surface area contributed by atoms with Crippen LogP contribution in [0, 0.1) is 16.7 Å². The summed E-state index contributed by atoms with van der Waals surface area (Å²) >= 11 is 0. The number of carbonyl (C=O) groups is 1. The van der Waals surface area contributed by atoms with Crippen LogP contribution < -0.4 is 5.32 Å². The quantitative estimate of drug-likeness (QED) is 0.798. The number of hydrogen-bond donors (Lipinski definition) is 1. The van der Waals surface area contributed by atoms with Gasteiger partial charge >= 0.3 is 5.97 Å². The lowest BCUT2D eigenvalue weighted by Gasteiger charge is -2.24. The third kappa shape index (κ3) is 5.01. The molecule has 0 aliphatic rings. The summed E-state index contributed by atoms with van der Waals surface area (Å²) in [5, 5.41) is 11.9. The van der Waals surface area contributed by atoms with E-state index < -0.39 is 0 Å². The summed E-state index contributed by atoms with van der Waals surface area (Å²) in [5.74, 6) is -0.340. The van der Waals surface area contributed by atoms with Crippen molar-refractivity contribution >= 4 is 11.7 Å². The molecule has 1 N–H and O–H groups in total. The highest BCUT2D eigenvalue weighted by molar-refractivity contribution is 5.90. The Kier molecular flexibility index (Phi) is 5.37. The average Bonchev–Trinajstić information content (AvgIpc) is 2.42. The number of methoxy groups -OCH3 is 1. The van der Waals surface area contributed by atoms with Crippen molar-refractivity contribution < 1.29 is 9.53 Å². The molecule has 0 aromatic heterocycles. The second-order valence-electron chi connectivity index (χ2n) is 5.25. The lowest BCUT2D eigenvalue weighted by atomic mass is 9.88. The first-order chi connectivity index (χ1) is 8.98. The molecule has 0 bridgehead atoms. The second kappa shape index (κ2) is 6.79. The van der Waals surface area contributed by atoms with Crippen LogP contribution in [-0.2, 0) is 4.74 Å². The first-order valence-corrected chi connectivity index (χ1v) is 6.28. The van der Waals surface area contributed by atoms with E-state index in [-0.39, 0.29) is 11.4 Å². The van der Waals surface area contributed by atoms with Gasteiger partial charge in [0, 0.05) is 18.7 Å². The first-order valence-electron chi connectivity index (χ1n) is 6.28. The summed E-state index contributed by atoms with van der Waals surface area (Å²) in [4.78, 5) is 11.4. The highest BCUT2D eigenvalue weighted by Gasteiger charge is 2.17. The molecule has 0 spiro atoms. The molecule has 0 aliphatic heterocycles. The normalized spacial score (nSPS) is 10.6. The van der Waals surface area contributed by atoms with Gasteiger partial charge in [0.1, 0.15) is 0 Å². The van der Waals surface area contributed by atoms with Crippen molar-refractivity contribution in [3.8, 4) is 6.07 Å². The van der Waals surface area contributed by atoms with Gasteiger partial charge in [-0.3, -0.25) is 0 Å². The van der Waals surface area contributed by atoms with Gasteiger partial charge in [0.2, 0.25) is 0 Å². The lowest BCUT2D eigenvalue weighted by Crippen LogP contribution is -2.23. The molecule has 0 radical (unpaired) electrons. The lowest BCUT2D eigenvalue weighted by molar-refractivity contribution is 0.0601. The van der Waals surface area contributed by atoms with E-state index in [1.807, 2.05) is 12.1 Å². The minimum absolute atomic E-state index is 0.0387. The molecule has 0 fully saturated rings. The van der Waals surface area contributed by atoms with Gasteiger partial charge in [-0.05, 0) is 30.0 Å². The molecule has 4 nitrogen and oxygen atoms in total. The number of anilines is 1. The fourth-order valence-corrected chi connectivity index (χ4v) is 1.70. The third-order valence-corrected chi connectivity index (χ3v) is 2.97. The van der Waals surface area contributed by atoms with Gasteiger partial charge in [0.05, 0.1) is 18.7 Å². The van der Waals surface area contributed by atoms with Gasteiger partial charge in [-0.15, -0.1) is 0 Å². The first kappa shape index (κ1) is 15.0. The minimum Gasteiger partial charge on any atom is -0.465 e. The predicted octanol–water partition coefficient (Wildman–Crippen LogP) is 3.22. The number of carbonyl (C=O) groups excluding carboxylic acids is 1. The van der Waals surface area contributed by atoms with Crippen LogP contribution in [0.15, 0.2) is 24.3 Å². The Balaban J connectivity index is 2.63. The Morgan fingerprint density at radius 3 is 2.84 bits per heavy atom. The SMILES string of the molecule is COC(=O)c1cccc(NCC(C)(C)CCC#N)c1. The monoisotopic (exact) mass is 260 g/mol. The molecule has 0 atom stereocenters. The van der Waals surface area contributed by atoms with Gasteiger partial charge in [-0.1, -0.05) is 19.9 Å². The fourth-order valence-electron chi connectivity index (χ4n) is 1.70. The molecule has 0 saturated carbocycles. The van der Waals surface area contributed by atoms with Crippen molar-refractivity contribution in [2.24, 2.45) is 5.41 Å². The van der Waals surface area contributed by atoms with Crippen LogP contribution in [-0.4, -0.2) is 19.6 Å². The second-order valence-corrected chi connectivity index (χ2v) is 5.25. The highest BCUT2D eigenvalue weighted by Crippen LogP contribution is 2.23. The van der Waals surface area contributed by atoms with Gasteiger partial charge in [-0.25, -0.2) is 4.79 Å². The maximum atomic E-state index is 11.4. The van der Waals surface area contributed by atoms with E-state index in [1.165, 1.54) is 7.11 Å². The van der Waals surface area contributed by atoms with Gasteiger partial charge in [0.15, 0.2) is 0 Å². The molecular weight excluding hydrogens is 240 g/mol. The number of nitrogens with one attached hydrogen (secondary N) is 1. The Labute approximate surface area is 114 Å². The zero-order valence-corrected chi connectivity index (χ0v) is 11.7. The Hall–Kier alpha value is -2.02. The molecule has 1 aromatic rings. The van der Waals surface area contributed by atoms with Crippen LogP contribution in [0.3, 0.4) is 0 Å². The standard InChI is InChI=1S/C15H20N2O2/c1-15(2,8-5-9-16)11-17-13-7-4-6-12(10-13)14(18)19-3/h4,6-7,10,17H,5,8,11H2,1-3H3. The molecule has 0 unspecified atom stereocenters. The number of ether oxygens (including phenoxy) is 1. The van der Waals surface area contributed by atoms with Crippen molar-refractivity contribution in [2.45, 2.75) is 26.7 Å². The molecule has 0 heterocycles. The maximum Gasteiger partial charge on any atom is 0.337 e. The van der Waals surface area contributed by atoms with E-state index in [1.54, 1.807) is 12.1 Å². The molecule has 1 aromatic carbocycles. The molecule has 0 saturated heterocycles. The van der Waals surface area contributed by atoms with E-state index in [4.69, 9.17) is 5.26 Å². The summed E-state index contributed by atoms with van der Waals surface area (Å²) < 4.78 is 4.69. The summed E-state index contributed by atoms with van der Waals surface area (Å²) in [6.45, 7) is 4.97. The van der Waals surface area contributed by atoms with Crippen LogP contribution >= 0.6 is 0 Å². The largest absolute Gasteiger partial charge is 0.465 e. The van der Waals surface area contributed by atoms with E-state index in [9.17, 15) is 4.79 Å². The Morgan fingerprint density at radius 1 is 1.47 bits per heavy atom. The van der Waals surface area contributed by atoms with E-state index in [0.717, 1.165) is 18.7 Å². The van der Waals surface area contributed by atoms with Crippen molar-refractivity contribution in [3.05, 3.63) is 29.8 Å². The van der Waals surface area contributed by atoms with E-state index >= 15 is 0 Å². The minimum atomic E-state index is -0.340. The molecule has 19 heavy (non-hydrogen) atoms. The number of esters is 1. The number of nitriles is 1. The zero-order chi connectivity index (χ0) is 14.3. The topological polar surface area (TPSA) is 62.1 Å². The molecule has 4 heteroatoms. The Morgan fingerprint density at radius 2 is 2.21 bits per heavy atom. The Bertz CT molecular complexity index is 475. The van der Waals surface area contributed by atoms with E-state index in [0.29, 0.717) is 12.0 Å². The summed E-state index contributed by atoms with van der Waals surface area (Å²) in [6.07, 6.45) is 1.39. The van der Waals surface area contributed by atoms with Gasteiger partial charge < -0.3 is 10.1 Å². The maximum absolute atomic E-state index is 11.4. The van der Waals surface area contributed by atoms with Crippen molar-refractivity contribution in [1.82, 2.24) is 0 Å². The van der Waals surface area contributed by atoms with Gasteiger partial charge in [0.25, 0.3) is 0 Å². The van der Waals surface area contributed by atoms with Crippen molar-refractivity contribution in [1.29, 1.82) is 5.26 Å². The van der Waals surface area contributed by atoms with Crippen molar-refractivity contribution in [3.63, 3.8) is 0 Å². The number of benzene rings is 1. The van der Waals surface area contributed by atoms with Crippen LogP contribution in [0.2, 0.25) is 0 Å². The number of hydrogen-bond acceptors (Lipinski definition) is 4. The molecule has 0 amide bonds. The molecule has 102 valence electrons. The van der Waals surface area contributed by atoms with E-state index in [2.05, 4.69) is 30.0 Å². The average molecular weight is 260 g/mol. The fraction of sp³-hybridized carbons (Fsp3) is 0.467. The van der Waals surface area contributed by atoms with Crippen LogP contribution in [0.5, 0.6) is 0 Å². The highest BCUT2D eigenvalue weighted by atomic mass is 16.5. The molecule has 1 rings (SSSR count).